The van der Waals surface area contributed by atoms with E-state index < -0.39 is 0 Å². The third-order valence-corrected chi connectivity index (χ3v) is 3.89. The summed E-state index contributed by atoms with van der Waals surface area (Å²) in [5.74, 6) is 0.0672. The molecule has 1 aromatic rings. The van der Waals surface area contributed by atoms with Gasteiger partial charge < -0.3 is 4.90 Å². The molecule has 2 fully saturated rings. The Labute approximate surface area is 106 Å². The lowest BCUT2D eigenvalue weighted by atomic mass is 10.1. The Morgan fingerprint density at radius 1 is 1.22 bits per heavy atom. The van der Waals surface area contributed by atoms with Crippen LogP contribution in [0.3, 0.4) is 0 Å². The predicted molar refractivity (Wildman–Crippen MR) is 63.9 cm³/mol. The number of hydrogen-bond donors (Lipinski definition) is 1. The summed E-state index contributed by atoms with van der Waals surface area (Å²) in [4.78, 5) is 16.4. The average molecular weight is 250 g/mol. The fourth-order valence-electron chi connectivity index (χ4n) is 2.90. The van der Waals surface area contributed by atoms with Gasteiger partial charge in [-0.1, -0.05) is 6.42 Å². The molecule has 0 saturated carbocycles. The second-order valence-corrected chi connectivity index (χ2v) is 5.03. The van der Waals surface area contributed by atoms with Crippen LogP contribution in [0.15, 0.2) is 0 Å². The van der Waals surface area contributed by atoms with Crippen molar-refractivity contribution >= 4 is 5.91 Å². The van der Waals surface area contributed by atoms with Crippen molar-refractivity contribution in [2.24, 2.45) is 0 Å². The molecule has 98 valence electrons. The van der Waals surface area contributed by atoms with Crippen LogP contribution in [0.4, 0.5) is 0 Å². The SMILES string of the molecule is O=C(c1nn[nH]n1)N1CCC(N2CCCCC2)C1. The van der Waals surface area contributed by atoms with E-state index in [1.807, 2.05) is 4.90 Å². The van der Waals surface area contributed by atoms with E-state index in [-0.39, 0.29) is 11.7 Å². The number of carbonyl (C=O) groups excluding carboxylic acids is 1. The van der Waals surface area contributed by atoms with E-state index in [9.17, 15) is 4.79 Å². The van der Waals surface area contributed by atoms with Gasteiger partial charge in [-0.25, -0.2) is 0 Å². The first-order valence-electron chi connectivity index (χ1n) is 6.61. The summed E-state index contributed by atoms with van der Waals surface area (Å²) in [5, 5.41) is 13.2. The maximum absolute atomic E-state index is 12.1. The number of aromatic amines is 1. The minimum atomic E-state index is -0.108. The lowest BCUT2D eigenvalue weighted by Crippen LogP contribution is -2.41. The first-order valence-corrected chi connectivity index (χ1v) is 6.61. The molecule has 2 saturated heterocycles. The number of H-pyrrole nitrogens is 1. The van der Waals surface area contributed by atoms with Crippen LogP contribution in [0.5, 0.6) is 0 Å². The number of piperidine rings is 1. The first-order chi connectivity index (χ1) is 8.84. The number of carbonyl (C=O) groups is 1. The molecule has 0 aliphatic carbocycles. The van der Waals surface area contributed by atoms with Crippen LogP contribution in [-0.2, 0) is 0 Å². The molecule has 2 aliphatic rings. The minimum absolute atomic E-state index is 0.108. The first kappa shape index (κ1) is 11.6. The van der Waals surface area contributed by atoms with Gasteiger partial charge in [0, 0.05) is 19.1 Å². The van der Waals surface area contributed by atoms with Crippen molar-refractivity contribution in [1.29, 1.82) is 0 Å². The molecule has 1 aromatic heterocycles. The van der Waals surface area contributed by atoms with Crippen molar-refractivity contribution in [2.75, 3.05) is 26.2 Å². The zero-order chi connectivity index (χ0) is 12.4. The molecule has 1 atom stereocenters. The largest absolute Gasteiger partial charge is 0.334 e. The Hall–Kier alpha value is -1.50. The molecule has 1 unspecified atom stereocenters. The summed E-state index contributed by atoms with van der Waals surface area (Å²) >= 11 is 0. The Balaban J connectivity index is 1.59. The van der Waals surface area contributed by atoms with E-state index in [0.29, 0.717) is 6.04 Å². The highest BCUT2D eigenvalue weighted by Crippen LogP contribution is 2.20. The number of nitrogens with one attached hydrogen (secondary N) is 1. The molecular formula is C11H18N6O. The molecule has 7 heteroatoms. The molecule has 7 nitrogen and oxygen atoms in total. The topological polar surface area (TPSA) is 78.0 Å². The van der Waals surface area contributed by atoms with Crippen LogP contribution >= 0.6 is 0 Å². The molecule has 0 spiro atoms. The van der Waals surface area contributed by atoms with Gasteiger partial charge in [0.1, 0.15) is 0 Å². The summed E-state index contributed by atoms with van der Waals surface area (Å²) in [6.07, 6.45) is 4.98. The van der Waals surface area contributed by atoms with Crippen LogP contribution in [-0.4, -0.2) is 68.6 Å². The second-order valence-electron chi connectivity index (χ2n) is 5.03. The average Bonchev–Trinajstić information content (AvgIpc) is 3.10. The summed E-state index contributed by atoms with van der Waals surface area (Å²) in [5.41, 5.74) is 0. The summed E-state index contributed by atoms with van der Waals surface area (Å²) < 4.78 is 0. The molecule has 1 amide bonds. The van der Waals surface area contributed by atoms with Crippen molar-refractivity contribution in [3.63, 3.8) is 0 Å². The van der Waals surface area contributed by atoms with Crippen molar-refractivity contribution < 1.29 is 4.79 Å². The lowest BCUT2D eigenvalue weighted by Gasteiger charge is -2.32. The highest BCUT2D eigenvalue weighted by Gasteiger charge is 2.32. The zero-order valence-corrected chi connectivity index (χ0v) is 10.4. The van der Waals surface area contributed by atoms with Gasteiger partial charge in [-0.3, -0.25) is 9.69 Å². The minimum Gasteiger partial charge on any atom is -0.334 e. The van der Waals surface area contributed by atoms with E-state index >= 15 is 0 Å². The van der Waals surface area contributed by atoms with Crippen molar-refractivity contribution in [3.05, 3.63) is 5.82 Å². The number of likely N-dealkylation sites (tertiary alicyclic amines) is 2. The van der Waals surface area contributed by atoms with Crippen LogP contribution in [0.1, 0.15) is 36.3 Å². The van der Waals surface area contributed by atoms with Gasteiger partial charge in [0.15, 0.2) is 0 Å². The molecule has 0 bridgehead atoms. The van der Waals surface area contributed by atoms with Crippen LogP contribution in [0, 0.1) is 0 Å². The summed E-state index contributed by atoms with van der Waals surface area (Å²) in [6.45, 7) is 3.95. The number of hydrogen-bond acceptors (Lipinski definition) is 5. The number of nitrogens with zero attached hydrogens (tertiary/aromatic N) is 5. The monoisotopic (exact) mass is 250 g/mol. The fraction of sp³-hybridized carbons (Fsp3) is 0.818. The van der Waals surface area contributed by atoms with Gasteiger partial charge in [-0.2, -0.15) is 5.21 Å². The molecule has 0 radical (unpaired) electrons. The van der Waals surface area contributed by atoms with Gasteiger partial charge in [0.05, 0.1) is 0 Å². The molecule has 18 heavy (non-hydrogen) atoms. The number of tetrazole rings is 1. The van der Waals surface area contributed by atoms with Crippen molar-refractivity contribution in [2.45, 2.75) is 31.7 Å². The zero-order valence-electron chi connectivity index (χ0n) is 10.4. The molecule has 3 heterocycles. The third kappa shape index (κ3) is 2.22. The van der Waals surface area contributed by atoms with Gasteiger partial charge in [0.2, 0.25) is 0 Å². The van der Waals surface area contributed by atoms with Crippen LogP contribution < -0.4 is 0 Å². The molecule has 0 aromatic carbocycles. The number of rotatable bonds is 2. The van der Waals surface area contributed by atoms with E-state index in [1.54, 1.807) is 0 Å². The maximum Gasteiger partial charge on any atom is 0.295 e. The predicted octanol–water partition coefficient (Wildman–Crippen LogP) is -0.0999. The Kier molecular flexibility index (Phi) is 3.22. The Morgan fingerprint density at radius 3 is 2.78 bits per heavy atom. The van der Waals surface area contributed by atoms with E-state index in [4.69, 9.17) is 0 Å². The highest BCUT2D eigenvalue weighted by atomic mass is 16.2. The maximum atomic E-state index is 12.1. The fourth-order valence-corrected chi connectivity index (χ4v) is 2.90. The molecule has 1 N–H and O–H groups in total. The normalized spacial score (nSPS) is 25.6. The third-order valence-electron chi connectivity index (χ3n) is 3.89. The quantitative estimate of drug-likeness (QED) is 0.793. The molecular weight excluding hydrogens is 232 g/mol. The van der Waals surface area contributed by atoms with Gasteiger partial charge >= 0.3 is 0 Å². The van der Waals surface area contributed by atoms with E-state index in [0.717, 1.165) is 19.5 Å². The Morgan fingerprint density at radius 2 is 2.06 bits per heavy atom. The van der Waals surface area contributed by atoms with E-state index in [2.05, 4.69) is 25.5 Å². The Bertz CT molecular complexity index is 400. The number of aromatic nitrogens is 4. The number of amides is 1. The van der Waals surface area contributed by atoms with Crippen molar-refractivity contribution in [3.8, 4) is 0 Å². The van der Waals surface area contributed by atoms with Crippen LogP contribution in [0.25, 0.3) is 0 Å². The van der Waals surface area contributed by atoms with Gasteiger partial charge in [-0.15, -0.1) is 10.2 Å². The summed E-state index contributed by atoms with van der Waals surface area (Å²) in [7, 11) is 0. The molecule has 3 rings (SSSR count). The van der Waals surface area contributed by atoms with Gasteiger partial charge in [-0.05, 0) is 37.6 Å². The standard InChI is InChI=1S/C11H18N6O/c18-11(10-12-14-15-13-10)17-7-4-9(8-17)16-5-2-1-3-6-16/h9H,1-8H2,(H,12,13,14,15). The van der Waals surface area contributed by atoms with Crippen molar-refractivity contribution in [1.82, 2.24) is 30.4 Å². The lowest BCUT2D eigenvalue weighted by molar-refractivity contribution is 0.0759. The van der Waals surface area contributed by atoms with Crippen LogP contribution in [0.2, 0.25) is 0 Å². The van der Waals surface area contributed by atoms with Gasteiger partial charge in [0.25, 0.3) is 11.7 Å². The smallest absolute Gasteiger partial charge is 0.295 e. The molecule has 2 aliphatic heterocycles. The highest BCUT2D eigenvalue weighted by molar-refractivity contribution is 5.90. The second kappa shape index (κ2) is 5.01. The summed E-state index contributed by atoms with van der Waals surface area (Å²) in [6, 6.07) is 0.515. The van der Waals surface area contributed by atoms with E-state index in [1.165, 1.54) is 32.4 Å².